The smallest absolute Gasteiger partial charge is 0.145 e. The SMILES string of the molecule is NNc1ccc(Oc2ccccc2CO)cn1. The topological polar surface area (TPSA) is 80.4 Å². The molecule has 2 aromatic rings. The summed E-state index contributed by atoms with van der Waals surface area (Å²) in [7, 11) is 0. The number of nitrogens with zero attached hydrogens (tertiary/aromatic N) is 1. The molecule has 0 saturated heterocycles. The summed E-state index contributed by atoms with van der Waals surface area (Å²) < 4.78 is 5.61. The molecule has 5 heteroatoms. The molecule has 1 aromatic carbocycles. The molecule has 0 unspecified atom stereocenters. The molecule has 0 aliphatic heterocycles. The fourth-order valence-corrected chi connectivity index (χ4v) is 1.39. The number of hydrogen-bond donors (Lipinski definition) is 3. The maximum atomic E-state index is 9.16. The lowest BCUT2D eigenvalue weighted by Gasteiger charge is -2.09. The van der Waals surface area contributed by atoms with Crippen molar-refractivity contribution < 1.29 is 9.84 Å². The molecule has 1 aromatic heterocycles. The maximum absolute atomic E-state index is 9.16. The number of benzene rings is 1. The minimum Gasteiger partial charge on any atom is -0.455 e. The number of nitrogens with one attached hydrogen (secondary N) is 1. The molecule has 5 nitrogen and oxygen atoms in total. The minimum absolute atomic E-state index is 0.0635. The van der Waals surface area contributed by atoms with Crippen molar-refractivity contribution in [3.8, 4) is 11.5 Å². The van der Waals surface area contributed by atoms with Gasteiger partial charge in [-0.05, 0) is 18.2 Å². The first-order chi connectivity index (χ1) is 8.33. The first kappa shape index (κ1) is 11.4. The van der Waals surface area contributed by atoms with Gasteiger partial charge in [-0.1, -0.05) is 18.2 Å². The van der Waals surface area contributed by atoms with E-state index in [9.17, 15) is 0 Å². The molecule has 2 rings (SSSR count). The zero-order chi connectivity index (χ0) is 12.1. The van der Waals surface area contributed by atoms with Crippen LogP contribution in [0.5, 0.6) is 11.5 Å². The number of nitrogens with two attached hydrogens (primary N) is 1. The first-order valence-electron chi connectivity index (χ1n) is 5.13. The lowest BCUT2D eigenvalue weighted by atomic mass is 10.2. The first-order valence-corrected chi connectivity index (χ1v) is 5.13. The Bertz CT molecular complexity index is 485. The van der Waals surface area contributed by atoms with Crippen LogP contribution in [0.1, 0.15) is 5.56 Å². The van der Waals surface area contributed by atoms with E-state index in [1.807, 2.05) is 12.1 Å². The van der Waals surface area contributed by atoms with E-state index in [4.69, 9.17) is 15.7 Å². The Morgan fingerprint density at radius 2 is 2.06 bits per heavy atom. The number of hydrogen-bond acceptors (Lipinski definition) is 5. The van der Waals surface area contributed by atoms with Crippen LogP contribution in [0.15, 0.2) is 42.6 Å². The van der Waals surface area contributed by atoms with Crippen molar-refractivity contribution >= 4 is 5.82 Å². The second kappa shape index (κ2) is 5.29. The van der Waals surface area contributed by atoms with Gasteiger partial charge < -0.3 is 15.3 Å². The van der Waals surface area contributed by atoms with Crippen LogP contribution in [-0.4, -0.2) is 10.1 Å². The number of para-hydroxylation sites is 1. The highest BCUT2D eigenvalue weighted by atomic mass is 16.5. The number of ether oxygens (including phenoxy) is 1. The second-order valence-corrected chi connectivity index (χ2v) is 3.39. The van der Waals surface area contributed by atoms with Crippen molar-refractivity contribution in [3.63, 3.8) is 0 Å². The molecule has 0 fully saturated rings. The number of anilines is 1. The normalized spacial score (nSPS) is 10.0. The molecule has 0 saturated carbocycles. The van der Waals surface area contributed by atoms with E-state index in [1.54, 1.807) is 30.5 Å². The lowest BCUT2D eigenvalue weighted by molar-refractivity contribution is 0.276. The van der Waals surface area contributed by atoms with Crippen molar-refractivity contribution in [1.29, 1.82) is 0 Å². The van der Waals surface area contributed by atoms with Crippen LogP contribution in [-0.2, 0) is 6.61 Å². The van der Waals surface area contributed by atoms with Gasteiger partial charge in [0.2, 0.25) is 0 Å². The van der Waals surface area contributed by atoms with Gasteiger partial charge in [-0.3, -0.25) is 0 Å². The van der Waals surface area contributed by atoms with Crippen LogP contribution in [0.2, 0.25) is 0 Å². The summed E-state index contributed by atoms with van der Waals surface area (Å²) in [5.74, 6) is 6.98. The second-order valence-electron chi connectivity index (χ2n) is 3.39. The van der Waals surface area contributed by atoms with Gasteiger partial charge in [-0.15, -0.1) is 0 Å². The van der Waals surface area contributed by atoms with Crippen molar-refractivity contribution in [2.24, 2.45) is 5.84 Å². The van der Waals surface area contributed by atoms with E-state index in [0.29, 0.717) is 17.3 Å². The van der Waals surface area contributed by atoms with Crippen LogP contribution >= 0.6 is 0 Å². The van der Waals surface area contributed by atoms with Crippen LogP contribution in [0.4, 0.5) is 5.82 Å². The zero-order valence-corrected chi connectivity index (χ0v) is 9.13. The standard InChI is InChI=1S/C12H13N3O2/c13-15-12-6-5-10(7-14-12)17-11-4-2-1-3-9(11)8-16/h1-7,16H,8,13H2,(H,14,15). The van der Waals surface area contributed by atoms with Gasteiger partial charge in [0.1, 0.15) is 17.3 Å². The van der Waals surface area contributed by atoms with Crippen LogP contribution in [0, 0.1) is 0 Å². The molecular weight excluding hydrogens is 218 g/mol. The third-order valence-electron chi connectivity index (χ3n) is 2.25. The highest BCUT2D eigenvalue weighted by Crippen LogP contribution is 2.25. The molecule has 0 aliphatic carbocycles. The number of pyridine rings is 1. The van der Waals surface area contributed by atoms with Gasteiger partial charge in [0.25, 0.3) is 0 Å². The Morgan fingerprint density at radius 1 is 1.24 bits per heavy atom. The molecule has 1 heterocycles. The molecule has 88 valence electrons. The van der Waals surface area contributed by atoms with E-state index in [-0.39, 0.29) is 6.61 Å². The quantitative estimate of drug-likeness (QED) is 0.550. The van der Waals surface area contributed by atoms with Crippen molar-refractivity contribution in [3.05, 3.63) is 48.2 Å². The minimum atomic E-state index is -0.0635. The number of hydrazine groups is 1. The van der Waals surface area contributed by atoms with Gasteiger partial charge >= 0.3 is 0 Å². The molecule has 0 amide bonds. The van der Waals surface area contributed by atoms with Gasteiger partial charge in [0.15, 0.2) is 0 Å². The summed E-state index contributed by atoms with van der Waals surface area (Å²) in [6.45, 7) is -0.0635. The third kappa shape index (κ3) is 2.72. The Balaban J connectivity index is 2.19. The summed E-state index contributed by atoms with van der Waals surface area (Å²) in [4.78, 5) is 4.03. The van der Waals surface area contributed by atoms with E-state index in [2.05, 4.69) is 10.4 Å². The lowest BCUT2D eigenvalue weighted by Crippen LogP contribution is -2.07. The molecule has 4 N–H and O–H groups in total. The predicted octanol–water partition coefficient (Wildman–Crippen LogP) is 1.65. The monoisotopic (exact) mass is 231 g/mol. The van der Waals surface area contributed by atoms with Crippen LogP contribution in [0.3, 0.4) is 0 Å². The van der Waals surface area contributed by atoms with Crippen molar-refractivity contribution in [2.45, 2.75) is 6.61 Å². The molecule has 0 radical (unpaired) electrons. The average molecular weight is 231 g/mol. The van der Waals surface area contributed by atoms with Crippen LogP contribution in [0.25, 0.3) is 0 Å². The average Bonchev–Trinajstić information content (AvgIpc) is 2.40. The highest BCUT2D eigenvalue weighted by Gasteiger charge is 2.03. The predicted molar refractivity (Wildman–Crippen MR) is 64.5 cm³/mol. The van der Waals surface area contributed by atoms with Gasteiger partial charge in [-0.25, -0.2) is 10.8 Å². The summed E-state index contributed by atoms with van der Waals surface area (Å²) in [5.41, 5.74) is 3.16. The number of aliphatic hydroxyl groups excluding tert-OH is 1. The van der Waals surface area contributed by atoms with Gasteiger partial charge in [0.05, 0.1) is 12.8 Å². The van der Waals surface area contributed by atoms with Crippen LogP contribution < -0.4 is 16.0 Å². The fraction of sp³-hybridized carbons (Fsp3) is 0.0833. The summed E-state index contributed by atoms with van der Waals surface area (Å²) >= 11 is 0. The van der Waals surface area contributed by atoms with Gasteiger partial charge in [0, 0.05) is 5.56 Å². The largest absolute Gasteiger partial charge is 0.455 e. The third-order valence-corrected chi connectivity index (χ3v) is 2.25. The maximum Gasteiger partial charge on any atom is 0.145 e. The van der Waals surface area contributed by atoms with E-state index < -0.39 is 0 Å². The molecule has 0 atom stereocenters. The van der Waals surface area contributed by atoms with Gasteiger partial charge in [-0.2, -0.15) is 0 Å². The van der Waals surface area contributed by atoms with E-state index in [1.165, 1.54) is 0 Å². The summed E-state index contributed by atoms with van der Waals surface area (Å²) in [6, 6.07) is 10.7. The number of nitrogen functional groups attached to an aromatic ring is 1. The summed E-state index contributed by atoms with van der Waals surface area (Å²) in [6.07, 6.45) is 1.56. The number of aliphatic hydroxyl groups is 1. The van der Waals surface area contributed by atoms with Crippen molar-refractivity contribution in [1.82, 2.24) is 4.98 Å². The molecule has 17 heavy (non-hydrogen) atoms. The zero-order valence-electron chi connectivity index (χ0n) is 9.13. The summed E-state index contributed by atoms with van der Waals surface area (Å²) in [5, 5.41) is 9.16. The number of aromatic nitrogens is 1. The Morgan fingerprint density at radius 3 is 2.71 bits per heavy atom. The fourth-order valence-electron chi connectivity index (χ4n) is 1.39. The Kier molecular flexibility index (Phi) is 3.54. The molecule has 0 spiro atoms. The number of rotatable bonds is 4. The van der Waals surface area contributed by atoms with E-state index in [0.717, 1.165) is 5.56 Å². The molecule has 0 aliphatic rings. The van der Waals surface area contributed by atoms with E-state index >= 15 is 0 Å². The Labute approximate surface area is 98.8 Å². The van der Waals surface area contributed by atoms with Crippen molar-refractivity contribution in [2.75, 3.05) is 5.43 Å². The molecule has 0 bridgehead atoms. The molecular formula is C12H13N3O2. The Hall–Kier alpha value is -2.11. The highest BCUT2D eigenvalue weighted by molar-refractivity contribution is 5.40.